The van der Waals surface area contributed by atoms with Gasteiger partial charge in [-0.1, -0.05) is 23.2 Å². The van der Waals surface area contributed by atoms with Gasteiger partial charge in [-0.05, 0) is 25.5 Å². The first-order valence-electron chi connectivity index (χ1n) is 6.55. The minimum absolute atomic E-state index is 0.182. The molecule has 6 heteroatoms. The van der Waals surface area contributed by atoms with E-state index >= 15 is 0 Å². The average Bonchev–Trinajstić information content (AvgIpc) is 2.84. The first kappa shape index (κ1) is 16.3. The van der Waals surface area contributed by atoms with Crippen LogP contribution in [0.1, 0.15) is 22.7 Å². The fourth-order valence-corrected chi connectivity index (χ4v) is 2.87. The number of ether oxygens (including phenoxy) is 1. The van der Waals surface area contributed by atoms with Crippen molar-refractivity contribution in [1.82, 2.24) is 4.98 Å². The van der Waals surface area contributed by atoms with E-state index in [4.69, 9.17) is 27.9 Å². The van der Waals surface area contributed by atoms with Crippen LogP contribution in [0.3, 0.4) is 0 Å². The van der Waals surface area contributed by atoms with Gasteiger partial charge in [-0.15, -0.1) is 11.3 Å². The van der Waals surface area contributed by atoms with Crippen molar-refractivity contribution in [3.8, 4) is 5.75 Å². The van der Waals surface area contributed by atoms with Crippen LogP contribution in [0.25, 0.3) is 0 Å². The number of Topliss-reactive ketones (excluding diaryl/α,β-unsaturated/α-hetero) is 1. The summed E-state index contributed by atoms with van der Waals surface area (Å²) in [4.78, 5) is 17.1. The first-order valence-corrected chi connectivity index (χ1v) is 8.12. The zero-order chi connectivity index (χ0) is 15.2. The molecule has 1 heterocycles. The van der Waals surface area contributed by atoms with Crippen LogP contribution in [-0.4, -0.2) is 17.4 Å². The summed E-state index contributed by atoms with van der Waals surface area (Å²) in [6.07, 6.45) is 3.36. The third-order valence-corrected chi connectivity index (χ3v) is 4.43. The van der Waals surface area contributed by atoms with Crippen LogP contribution >= 0.6 is 34.5 Å². The summed E-state index contributed by atoms with van der Waals surface area (Å²) in [5.74, 6) is 0.842. The van der Waals surface area contributed by atoms with Crippen LogP contribution in [-0.2, 0) is 11.2 Å². The molecule has 0 saturated carbocycles. The number of carbonyl (C=O) groups excluding carboxylic acids is 1. The predicted molar refractivity (Wildman–Crippen MR) is 86.8 cm³/mol. The third kappa shape index (κ3) is 5.30. The van der Waals surface area contributed by atoms with Crippen molar-refractivity contribution in [3.63, 3.8) is 0 Å². The molecule has 0 bridgehead atoms. The Bertz CT molecular complexity index is 628. The lowest BCUT2D eigenvalue weighted by atomic mass is 10.2. The maximum atomic E-state index is 11.8. The second-order valence-electron chi connectivity index (χ2n) is 4.61. The largest absolute Gasteiger partial charge is 0.494 e. The highest BCUT2D eigenvalue weighted by Gasteiger charge is 2.07. The Morgan fingerprint density at radius 1 is 1.33 bits per heavy atom. The highest BCUT2D eigenvalue weighted by molar-refractivity contribution is 7.11. The van der Waals surface area contributed by atoms with E-state index < -0.39 is 0 Å². The van der Waals surface area contributed by atoms with Gasteiger partial charge in [-0.3, -0.25) is 4.79 Å². The van der Waals surface area contributed by atoms with Gasteiger partial charge in [-0.2, -0.15) is 0 Å². The van der Waals surface area contributed by atoms with E-state index in [0.29, 0.717) is 41.7 Å². The number of halogens is 2. The Morgan fingerprint density at radius 3 is 2.81 bits per heavy atom. The van der Waals surface area contributed by atoms with Crippen molar-refractivity contribution in [2.45, 2.75) is 26.2 Å². The summed E-state index contributed by atoms with van der Waals surface area (Å²) in [6, 6.07) is 5.12. The Kier molecular flexibility index (Phi) is 6.03. The van der Waals surface area contributed by atoms with E-state index in [1.54, 1.807) is 35.7 Å². The van der Waals surface area contributed by atoms with Gasteiger partial charge >= 0.3 is 0 Å². The number of hydrogen-bond acceptors (Lipinski definition) is 4. The number of ketones is 1. The lowest BCUT2D eigenvalue weighted by Gasteiger charge is -2.06. The molecule has 21 heavy (non-hydrogen) atoms. The quantitative estimate of drug-likeness (QED) is 0.682. The molecule has 0 aliphatic heterocycles. The smallest absolute Gasteiger partial charge is 0.139 e. The number of carbonyl (C=O) groups is 1. The van der Waals surface area contributed by atoms with Gasteiger partial charge in [0.2, 0.25) is 0 Å². The minimum Gasteiger partial charge on any atom is -0.494 e. The van der Waals surface area contributed by atoms with E-state index in [1.165, 1.54) is 0 Å². The van der Waals surface area contributed by atoms with Crippen LogP contribution in [0, 0.1) is 6.92 Å². The molecule has 2 aromatic rings. The summed E-state index contributed by atoms with van der Waals surface area (Å²) in [6.45, 7) is 2.46. The number of hydrogen-bond donors (Lipinski definition) is 0. The molecule has 0 aliphatic rings. The van der Waals surface area contributed by atoms with Gasteiger partial charge < -0.3 is 4.74 Å². The Morgan fingerprint density at radius 2 is 2.14 bits per heavy atom. The fourth-order valence-electron chi connectivity index (χ4n) is 1.77. The predicted octanol–water partition coefficient (Wildman–Crippen LogP) is 4.73. The van der Waals surface area contributed by atoms with E-state index in [2.05, 4.69) is 4.98 Å². The Balaban J connectivity index is 1.69. The zero-order valence-corrected chi connectivity index (χ0v) is 13.9. The summed E-state index contributed by atoms with van der Waals surface area (Å²) in [5, 5.41) is 1.84. The number of rotatable bonds is 7. The lowest BCUT2D eigenvalue weighted by molar-refractivity contribution is -0.118. The molecular formula is C15H15Cl2NO2S. The van der Waals surface area contributed by atoms with Crippen LogP contribution in [0.15, 0.2) is 24.4 Å². The summed E-state index contributed by atoms with van der Waals surface area (Å²) < 4.78 is 5.54. The standard InChI is InChI=1S/C15H15Cl2NO2S/c1-10-9-18-15(21-10)7-11(19)3-2-6-20-12-4-5-13(16)14(17)8-12/h4-5,8-9H,2-3,6-7H2,1H3. The normalized spacial score (nSPS) is 10.6. The van der Waals surface area contributed by atoms with E-state index in [9.17, 15) is 4.79 Å². The molecule has 0 aliphatic carbocycles. The highest BCUT2D eigenvalue weighted by Crippen LogP contribution is 2.26. The molecule has 0 saturated heterocycles. The third-order valence-electron chi connectivity index (χ3n) is 2.78. The van der Waals surface area contributed by atoms with Crippen molar-refractivity contribution < 1.29 is 9.53 Å². The van der Waals surface area contributed by atoms with Gasteiger partial charge in [0.15, 0.2) is 0 Å². The molecule has 112 valence electrons. The van der Waals surface area contributed by atoms with Crippen LogP contribution in [0.5, 0.6) is 5.75 Å². The van der Waals surface area contributed by atoms with Gasteiger partial charge in [0.05, 0.1) is 23.1 Å². The molecule has 0 amide bonds. The van der Waals surface area contributed by atoms with E-state index in [-0.39, 0.29) is 5.78 Å². The summed E-state index contributed by atoms with van der Waals surface area (Å²) in [5.41, 5.74) is 0. The molecule has 1 aromatic heterocycles. The van der Waals surface area contributed by atoms with Gasteiger partial charge in [0.25, 0.3) is 0 Å². The van der Waals surface area contributed by atoms with Gasteiger partial charge in [-0.25, -0.2) is 4.98 Å². The van der Waals surface area contributed by atoms with Crippen LogP contribution in [0.4, 0.5) is 0 Å². The van der Waals surface area contributed by atoms with Crippen molar-refractivity contribution in [2.24, 2.45) is 0 Å². The molecule has 2 rings (SSSR count). The van der Waals surface area contributed by atoms with Crippen molar-refractivity contribution in [1.29, 1.82) is 0 Å². The molecule has 0 unspecified atom stereocenters. The number of aryl methyl sites for hydroxylation is 1. The molecule has 3 nitrogen and oxygen atoms in total. The molecule has 0 radical (unpaired) electrons. The monoisotopic (exact) mass is 343 g/mol. The molecule has 0 N–H and O–H groups in total. The second kappa shape index (κ2) is 7.78. The number of thiazole rings is 1. The Hall–Kier alpha value is -1.10. The molecule has 1 aromatic carbocycles. The fraction of sp³-hybridized carbons (Fsp3) is 0.333. The lowest BCUT2D eigenvalue weighted by Crippen LogP contribution is -2.05. The number of nitrogens with zero attached hydrogens (tertiary/aromatic N) is 1. The van der Waals surface area contributed by atoms with Crippen molar-refractivity contribution in [2.75, 3.05) is 6.61 Å². The topological polar surface area (TPSA) is 39.2 Å². The SMILES string of the molecule is Cc1cnc(CC(=O)CCCOc2ccc(Cl)c(Cl)c2)s1. The van der Waals surface area contributed by atoms with Crippen molar-refractivity contribution >= 4 is 40.3 Å². The van der Waals surface area contributed by atoms with Crippen LogP contribution in [0.2, 0.25) is 10.0 Å². The summed E-state index contributed by atoms with van der Waals surface area (Å²) in [7, 11) is 0. The maximum Gasteiger partial charge on any atom is 0.139 e. The van der Waals surface area contributed by atoms with Crippen LogP contribution < -0.4 is 4.74 Å². The number of benzene rings is 1. The molecular weight excluding hydrogens is 329 g/mol. The van der Waals surface area contributed by atoms with Gasteiger partial charge in [0.1, 0.15) is 16.5 Å². The van der Waals surface area contributed by atoms with E-state index in [1.807, 2.05) is 6.92 Å². The van der Waals surface area contributed by atoms with Gasteiger partial charge in [0, 0.05) is 23.6 Å². The van der Waals surface area contributed by atoms with E-state index in [0.717, 1.165) is 9.88 Å². The average molecular weight is 344 g/mol. The van der Waals surface area contributed by atoms with Crippen molar-refractivity contribution in [3.05, 3.63) is 44.3 Å². The summed E-state index contributed by atoms with van der Waals surface area (Å²) >= 11 is 13.3. The number of aromatic nitrogens is 1. The molecule has 0 atom stereocenters. The zero-order valence-electron chi connectivity index (χ0n) is 11.6. The molecule has 0 fully saturated rings. The minimum atomic E-state index is 0.182. The first-order chi connectivity index (χ1) is 10.0. The highest BCUT2D eigenvalue weighted by atomic mass is 35.5. The molecule has 0 spiro atoms. The Labute approximate surface area is 137 Å². The second-order valence-corrected chi connectivity index (χ2v) is 6.74. The maximum absolute atomic E-state index is 11.8.